The van der Waals surface area contributed by atoms with Gasteiger partial charge < -0.3 is 10.6 Å². The van der Waals surface area contributed by atoms with Gasteiger partial charge in [0.2, 0.25) is 0 Å². The van der Waals surface area contributed by atoms with Crippen LogP contribution in [0.25, 0.3) is 0 Å². The first-order valence-electron chi connectivity index (χ1n) is 4.18. The first-order valence-corrected chi connectivity index (χ1v) is 5.06. The van der Waals surface area contributed by atoms with Crippen LogP contribution >= 0.6 is 11.3 Å². The summed E-state index contributed by atoms with van der Waals surface area (Å²) in [6.45, 7) is 5.24. The first kappa shape index (κ1) is 9.98. The zero-order chi connectivity index (χ0) is 9.84. The second kappa shape index (κ2) is 4.23. The quantitative estimate of drug-likeness (QED) is 0.796. The molecule has 1 aromatic heterocycles. The second-order valence-electron chi connectivity index (χ2n) is 2.54. The van der Waals surface area contributed by atoms with Gasteiger partial charge in [-0.2, -0.15) is 0 Å². The van der Waals surface area contributed by atoms with Gasteiger partial charge in [0.1, 0.15) is 5.00 Å². The van der Waals surface area contributed by atoms with Gasteiger partial charge in [0.05, 0.1) is 5.51 Å². The van der Waals surface area contributed by atoms with E-state index >= 15 is 0 Å². The summed E-state index contributed by atoms with van der Waals surface area (Å²) in [5.74, 6) is -0.0799. The molecule has 0 aliphatic heterocycles. The third-order valence-electron chi connectivity index (χ3n) is 1.85. The van der Waals surface area contributed by atoms with Crippen molar-refractivity contribution in [3.8, 4) is 0 Å². The number of rotatable bonds is 3. The highest BCUT2D eigenvalue weighted by Gasteiger charge is 2.17. The number of carbonyl (C=O) groups is 1. The van der Waals surface area contributed by atoms with Crippen LogP contribution in [0, 0.1) is 0 Å². The molecule has 13 heavy (non-hydrogen) atoms. The molecule has 72 valence electrons. The van der Waals surface area contributed by atoms with Crippen LogP contribution in [0.4, 0.5) is 5.00 Å². The van der Waals surface area contributed by atoms with Crippen molar-refractivity contribution in [1.29, 1.82) is 0 Å². The van der Waals surface area contributed by atoms with E-state index in [0.29, 0.717) is 23.8 Å². The monoisotopic (exact) mass is 199 g/mol. The lowest BCUT2D eigenvalue weighted by atomic mass is 10.3. The van der Waals surface area contributed by atoms with Gasteiger partial charge in [0, 0.05) is 13.1 Å². The van der Waals surface area contributed by atoms with Crippen LogP contribution in [-0.2, 0) is 0 Å². The number of nitrogens with two attached hydrogens (primary N) is 1. The van der Waals surface area contributed by atoms with Crippen LogP contribution < -0.4 is 5.73 Å². The van der Waals surface area contributed by atoms with Crippen molar-refractivity contribution in [3.05, 3.63) is 11.2 Å². The van der Waals surface area contributed by atoms with E-state index in [4.69, 9.17) is 5.73 Å². The Balaban J connectivity index is 2.84. The number of nitrogens with zero attached hydrogens (tertiary/aromatic N) is 2. The van der Waals surface area contributed by atoms with Crippen LogP contribution in [0.5, 0.6) is 0 Å². The van der Waals surface area contributed by atoms with Gasteiger partial charge in [0.15, 0.2) is 5.69 Å². The molecule has 5 heteroatoms. The standard InChI is InChI=1S/C8H13N3OS/c1-3-11(4-2)8(12)6-7(9)13-5-10-6/h5H,3-4,9H2,1-2H3. The molecule has 0 fully saturated rings. The molecule has 1 amide bonds. The number of anilines is 1. The molecule has 4 nitrogen and oxygen atoms in total. The Morgan fingerprint density at radius 2 is 2.23 bits per heavy atom. The molecule has 0 aromatic carbocycles. The highest BCUT2D eigenvalue weighted by molar-refractivity contribution is 7.14. The van der Waals surface area contributed by atoms with Crippen LogP contribution in [0.3, 0.4) is 0 Å². The molecule has 1 rings (SSSR count). The zero-order valence-corrected chi connectivity index (χ0v) is 8.60. The Morgan fingerprint density at radius 1 is 1.62 bits per heavy atom. The summed E-state index contributed by atoms with van der Waals surface area (Å²) >= 11 is 1.29. The Labute approximate surface area is 81.4 Å². The minimum atomic E-state index is -0.0799. The summed E-state index contributed by atoms with van der Waals surface area (Å²) in [5.41, 5.74) is 7.57. The van der Waals surface area contributed by atoms with E-state index in [0.717, 1.165) is 0 Å². The van der Waals surface area contributed by atoms with Crippen molar-refractivity contribution in [1.82, 2.24) is 9.88 Å². The molecule has 0 saturated carbocycles. The molecule has 2 N–H and O–H groups in total. The summed E-state index contributed by atoms with van der Waals surface area (Å²) in [5, 5.41) is 0.497. The fourth-order valence-electron chi connectivity index (χ4n) is 1.08. The Morgan fingerprint density at radius 3 is 2.62 bits per heavy atom. The molecule has 0 radical (unpaired) electrons. The Kier molecular flexibility index (Phi) is 3.25. The third-order valence-corrected chi connectivity index (χ3v) is 2.51. The number of thiazole rings is 1. The highest BCUT2D eigenvalue weighted by atomic mass is 32.1. The van der Waals surface area contributed by atoms with E-state index in [1.807, 2.05) is 13.8 Å². The van der Waals surface area contributed by atoms with Gasteiger partial charge in [0.25, 0.3) is 5.91 Å². The van der Waals surface area contributed by atoms with Crippen molar-refractivity contribution in [2.75, 3.05) is 18.8 Å². The predicted molar refractivity (Wildman–Crippen MR) is 53.8 cm³/mol. The maximum Gasteiger partial charge on any atom is 0.275 e. The fourth-order valence-corrected chi connectivity index (χ4v) is 1.60. The summed E-state index contributed by atoms with van der Waals surface area (Å²) in [6, 6.07) is 0. The maximum absolute atomic E-state index is 11.7. The minimum absolute atomic E-state index is 0.0799. The smallest absolute Gasteiger partial charge is 0.275 e. The van der Waals surface area contributed by atoms with Gasteiger partial charge >= 0.3 is 0 Å². The molecule has 0 unspecified atom stereocenters. The van der Waals surface area contributed by atoms with Crippen molar-refractivity contribution in [3.63, 3.8) is 0 Å². The largest absolute Gasteiger partial charge is 0.389 e. The second-order valence-corrected chi connectivity index (χ2v) is 3.43. The lowest BCUT2D eigenvalue weighted by Crippen LogP contribution is -2.31. The van der Waals surface area contributed by atoms with Gasteiger partial charge in [-0.15, -0.1) is 11.3 Å². The van der Waals surface area contributed by atoms with Crippen LogP contribution in [0.15, 0.2) is 5.51 Å². The molecular weight excluding hydrogens is 186 g/mol. The Hall–Kier alpha value is -1.10. The molecule has 0 atom stereocenters. The molecule has 1 aromatic rings. The van der Waals surface area contributed by atoms with Crippen molar-refractivity contribution in [2.45, 2.75) is 13.8 Å². The molecular formula is C8H13N3OS. The molecule has 0 spiro atoms. The van der Waals surface area contributed by atoms with Crippen molar-refractivity contribution in [2.24, 2.45) is 0 Å². The molecule has 0 aliphatic carbocycles. The van der Waals surface area contributed by atoms with E-state index in [1.165, 1.54) is 11.3 Å². The molecule has 0 aliphatic rings. The summed E-state index contributed by atoms with van der Waals surface area (Å²) in [7, 11) is 0. The Bertz CT molecular complexity index is 293. The van der Waals surface area contributed by atoms with Gasteiger partial charge in [-0.3, -0.25) is 4.79 Å². The van der Waals surface area contributed by atoms with E-state index in [-0.39, 0.29) is 5.91 Å². The highest BCUT2D eigenvalue weighted by Crippen LogP contribution is 2.16. The lowest BCUT2D eigenvalue weighted by molar-refractivity contribution is 0.0769. The number of carbonyl (C=O) groups excluding carboxylic acids is 1. The first-order chi connectivity index (χ1) is 6.20. The SMILES string of the molecule is CCN(CC)C(=O)c1ncsc1N. The molecule has 0 saturated heterocycles. The molecule has 1 heterocycles. The average molecular weight is 199 g/mol. The van der Waals surface area contributed by atoms with E-state index in [9.17, 15) is 4.79 Å². The number of amides is 1. The van der Waals surface area contributed by atoms with Gasteiger partial charge in [-0.05, 0) is 13.8 Å². The summed E-state index contributed by atoms with van der Waals surface area (Å²) < 4.78 is 0. The number of hydrogen-bond acceptors (Lipinski definition) is 4. The third kappa shape index (κ3) is 1.98. The number of aromatic nitrogens is 1. The van der Waals surface area contributed by atoms with E-state index in [1.54, 1.807) is 10.4 Å². The van der Waals surface area contributed by atoms with Crippen molar-refractivity contribution < 1.29 is 4.79 Å². The predicted octanol–water partition coefficient (Wildman–Crippen LogP) is 1.21. The van der Waals surface area contributed by atoms with Gasteiger partial charge in [-0.25, -0.2) is 4.98 Å². The zero-order valence-electron chi connectivity index (χ0n) is 7.78. The number of nitrogen functional groups attached to an aromatic ring is 1. The normalized spacial score (nSPS) is 10.0. The topological polar surface area (TPSA) is 59.2 Å². The van der Waals surface area contributed by atoms with Crippen molar-refractivity contribution >= 4 is 22.2 Å². The van der Waals surface area contributed by atoms with Crippen LogP contribution in [0.1, 0.15) is 24.3 Å². The number of hydrogen-bond donors (Lipinski definition) is 1. The van der Waals surface area contributed by atoms with E-state index < -0.39 is 0 Å². The lowest BCUT2D eigenvalue weighted by Gasteiger charge is -2.17. The molecule has 0 bridgehead atoms. The van der Waals surface area contributed by atoms with E-state index in [2.05, 4.69) is 4.98 Å². The van der Waals surface area contributed by atoms with Crippen LogP contribution in [-0.4, -0.2) is 28.9 Å². The summed E-state index contributed by atoms with van der Waals surface area (Å²) in [4.78, 5) is 17.3. The fraction of sp³-hybridized carbons (Fsp3) is 0.500. The summed E-state index contributed by atoms with van der Waals surface area (Å²) in [6.07, 6.45) is 0. The van der Waals surface area contributed by atoms with Crippen LogP contribution in [0.2, 0.25) is 0 Å². The van der Waals surface area contributed by atoms with Gasteiger partial charge in [-0.1, -0.05) is 0 Å². The minimum Gasteiger partial charge on any atom is -0.389 e. The average Bonchev–Trinajstić information content (AvgIpc) is 2.53. The maximum atomic E-state index is 11.7.